The van der Waals surface area contributed by atoms with E-state index in [1.807, 2.05) is 6.92 Å². The maximum Gasteiger partial charge on any atom is 0.230 e. The van der Waals surface area contributed by atoms with Crippen LogP contribution in [0.25, 0.3) is 0 Å². The molecule has 0 amide bonds. The molecule has 0 aliphatic heterocycles. The molecule has 0 aromatic heterocycles. The van der Waals surface area contributed by atoms with Gasteiger partial charge < -0.3 is 15.7 Å². The first-order valence-electron chi connectivity index (χ1n) is 3.07. The van der Waals surface area contributed by atoms with Gasteiger partial charge in [-0.15, -0.1) is 0 Å². The van der Waals surface area contributed by atoms with Crippen LogP contribution in [-0.2, 0) is 0 Å². The van der Waals surface area contributed by atoms with E-state index in [1.54, 1.807) is 0 Å². The standard InChI is InChI=1S/C4H12N4O2/c1-2-5-3-4-6-8(10)7-9/h5,9H,2-4H2,1H3,(H,6,7). The Bertz CT molecular complexity index is 105. The molecule has 0 aromatic carbocycles. The van der Waals surface area contributed by atoms with E-state index in [4.69, 9.17) is 5.21 Å². The third kappa shape index (κ3) is 5.10. The highest BCUT2D eigenvalue weighted by atomic mass is 16.6. The van der Waals surface area contributed by atoms with Crippen molar-refractivity contribution >= 4 is 0 Å². The number of hydrogen-bond donors (Lipinski definition) is 3. The normalized spacial score (nSPS) is 11.5. The molecular formula is C4H12N4O2. The van der Waals surface area contributed by atoms with Gasteiger partial charge in [-0.1, -0.05) is 6.92 Å². The molecule has 60 valence electrons. The first kappa shape index (κ1) is 8.96. The van der Waals surface area contributed by atoms with Gasteiger partial charge >= 0.3 is 0 Å². The third-order valence-electron chi connectivity index (χ3n) is 0.880. The number of rotatable bonds is 5. The van der Waals surface area contributed by atoms with E-state index in [1.165, 1.54) is 0 Å². The monoisotopic (exact) mass is 148 g/mol. The molecule has 10 heavy (non-hydrogen) atoms. The molecule has 0 aliphatic carbocycles. The summed E-state index contributed by atoms with van der Waals surface area (Å²) in [4.78, 5) is 0.0112. The number of nitrogens with zero attached hydrogens (tertiary/aromatic N) is 2. The summed E-state index contributed by atoms with van der Waals surface area (Å²) in [6, 6.07) is 0. The van der Waals surface area contributed by atoms with Gasteiger partial charge in [0.05, 0.1) is 11.5 Å². The summed E-state index contributed by atoms with van der Waals surface area (Å²) in [5, 5.41) is 23.3. The number of nitrogens with one attached hydrogen (secondary N) is 2. The zero-order chi connectivity index (χ0) is 7.82. The Kier molecular flexibility index (Phi) is 5.45. The Labute approximate surface area is 59.1 Å². The van der Waals surface area contributed by atoms with E-state index in [2.05, 4.69) is 16.0 Å². The van der Waals surface area contributed by atoms with Crippen molar-refractivity contribution in [1.29, 1.82) is 0 Å². The van der Waals surface area contributed by atoms with Crippen LogP contribution in [0.2, 0.25) is 0 Å². The van der Waals surface area contributed by atoms with E-state index >= 15 is 0 Å². The lowest BCUT2D eigenvalue weighted by Crippen LogP contribution is -2.31. The highest BCUT2D eigenvalue weighted by Gasteiger charge is 1.89. The Morgan fingerprint density at radius 2 is 2.30 bits per heavy atom. The molecule has 0 aliphatic rings. The average Bonchev–Trinajstić information content (AvgIpc) is 1.98. The van der Waals surface area contributed by atoms with Crippen LogP contribution in [0.5, 0.6) is 0 Å². The van der Waals surface area contributed by atoms with Crippen molar-refractivity contribution in [2.24, 2.45) is 5.28 Å². The average molecular weight is 148 g/mol. The highest BCUT2D eigenvalue weighted by molar-refractivity contribution is 4.40. The fourth-order valence-corrected chi connectivity index (χ4v) is 0.448. The van der Waals surface area contributed by atoms with Gasteiger partial charge in [-0.05, 0) is 6.54 Å². The molecule has 0 spiro atoms. The minimum Gasteiger partial charge on any atom is -0.569 e. The second-order valence-corrected chi connectivity index (χ2v) is 1.62. The van der Waals surface area contributed by atoms with Crippen molar-refractivity contribution in [1.82, 2.24) is 10.7 Å². The van der Waals surface area contributed by atoms with E-state index in [0.717, 1.165) is 6.54 Å². The van der Waals surface area contributed by atoms with Gasteiger partial charge in [0.1, 0.15) is 0 Å². The lowest BCUT2D eigenvalue weighted by atomic mass is 10.6. The quantitative estimate of drug-likeness (QED) is 0.211. The Morgan fingerprint density at radius 3 is 2.80 bits per heavy atom. The SMILES string of the molecule is CCNCCN[N+]([O-])=NO. The van der Waals surface area contributed by atoms with Crippen LogP contribution in [0.15, 0.2) is 5.28 Å². The number of likely N-dealkylation sites (N-methyl/N-ethyl adjacent to an activating group) is 1. The summed E-state index contributed by atoms with van der Waals surface area (Å²) < 4.78 is 0. The summed E-state index contributed by atoms with van der Waals surface area (Å²) in [7, 11) is 0. The molecule has 0 rings (SSSR count). The zero-order valence-electron chi connectivity index (χ0n) is 5.87. The van der Waals surface area contributed by atoms with E-state index in [0.29, 0.717) is 13.1 Å². The smallest absolute Gasteiger partial charge is 0.230 e. The lowest BCUT2D eigenvalue weighted by molar-refractivity contribution is -0.611. The van der Waals surface area contributed by atoms with Crippen LogP contribution in [0, 0.1) is 5.21 Å². The van der Waals surface area contributed by atoms with E-state index in [-0.39, 0.29) is 4.97 Å². The van der Waals surface area contributed by atoms with Crippen molar-refractivity contribution < 1.29 is 10.2 Å². The molecule has 0 fully saturated rings. The number of hydrogen-bond acceptors (Lipinski definition) is 3. The van der Waals surface area contributed by atoms with Crippen LogP contribution in [0.4, 0.5) is 0 Å². The Balaban J connectivity index is 3.04. The molecule has 3 N–H and O–H groups in total. The summed E-state index contributed by atoms with van der Waals surface area (Å²) in [6.45, 7) is 3.94. The fourth-order valence-electron chi connectivity index (χ4n) is 0.448. The lowest BCUT2D eigenvalue weighted by Gasteiger charge is -2.00. The summed E-state index contributed by atoms with van der Waals surface area (Å²) in [6.07, 6.45) is 0. The zero-order valence-corrected chi connectivity index (χ0v) is 5.87. The Morgan fingerprint density at radius 1 is 1.60 bits per heavy atom. The molecule has 6 nitrogen and oxygen atoms in total. The van der Waals surface area contributed by atoms with Gasteiger partial charge in [-0.3, -0.25) is 0 Å². The molecule has 0 aromatic rings. The van der Waals surface area contributed by atoms with Crippen molar-refractivity contribution in [3.05, 3.63) is 5.21 Å². The minimum atomic E-state index is 0.0112. The van der Waals surface area contributed by atoms with Crippen molar-refractivity contribution in [2.75, 3.05) is 19.6 Å². The van der Waals surface area contributed by atoms with Crippen molar-refractivity contribution in [3.8, 4) is 0 Å². The van der Waals surface area contributed by atoms with Crippen LogP contribution in [0.3, 0.4) is 0 Å². The van der Waals surface area contributed by atoms with Gasteiger partial charge in [0.2, 0.25) is 5.28 Å². The molecular weight excluding hydrogens is 136 g/mol. The first-order chi connectivity index (χ1) is 4.81. The molecule has 6 heteroatoms. The van der Waals surface area contributed by atoms with Gasteiger partial charge in [0.25, 0.3) is 0 Å². The fraction of sp³-hybridized carbons (Fsp3) is 1.00. The number of hydrazine groups is 1. The van der Waals surface area contributed by atoms with Gasteiger partial charge in [0.15, 0.2) is 0 Å². The third-order valence-corrected chi connectivity index (χ3v) is 0.880. The second-order valence-electron chi connectivity index (χ2n) is 1.62. The Hall–Kier alpha value is -1.04. The van der Waals surface area contributed by atoms with Crippen LogP contribution < -0.4 is 10.7 Å². The molecule has 0 bridgehead atoms. The van der Waals surface area contributed by atoms with Crippen LogP contribution in [0.1, 0.15) is 6.92 Å². The minimum absolute atomic E-state index is 0.0112. The topological polar surface area (TPSA) is 82.7 Å². The van der Waals surface area contributed by atoms with E-state index in [9.17, 15) is 5.21 Å². The van der Waals surface area contributed by atoms with Crippen LogP contribution >= 0.6 is 0 Å². The summed E-state index contributed by atoms with van der Waals surface area (Å²) in [5.74, 6) is 0. The van der Waals surface area contributed by atoms with Crippen molar-refractivity contribution in [3.63, 3.8) is 0 Å². The van der Waals surface area contributed by atoms with Gasteiger partial charge in [0, 0.05) is 6.54 Å². The molecule has 0 radical (unpaired) electrons. The second kappa shape index (κ2) is 6.09. The van der Waals surface area contributed by atoms with Gasteiger partial charge in [-0.2, -0.15) is 5.43 Å². The predicted octanol–water partition coefficient (Wildman–Crippen LogP) is -0.548. The summed E-state index contributed by atoms with van der Waals surface area (Å²) >= 11 is 0. The summed E-state index contributed by atoms with van der Waals surface area (Å²) in [5.41, 5.74) is 2.27. The molecule has 0 unspecified atom stereocenters. The highest BCUT2D eigenvalue weighted by Crippen LogP contribution is 1.63. The molecule has 0 atom stereocenters. The van der Waals surface area contributed by atoms with E-state index < -0.39 is 0 Å². The maximum atomic E-state index is 10.1. The maximum absolute atomic E-state index is 10.1. The molecule has 0 saturated heterocycles. The molecule has 0 heterocycles. The molecule has 0 saturated carbocycles. The first-order valence-corrected chi connectivity index (χ1v) is 3.07. The predicted molar refractivity (Wildman–Crippen MR) is 34.4 cm³/mol. The van der Waals surface area contributed by atoms with Crippen LogP contribution in [-0.4, -0.2) is 29.8 Å². The van der Waals surface area contributed by atoms with Gasteiger partial charge in [-0.25, -0.2) is 0 Å². The largest absolute Gasteiger partial charge is 0.569 e. The van der Waals surface area contributed by atoms with Crippen molar-refractivity contribution in [2.45, 2.75) is 6.92 Å².